The molecule has 8 heteroatoms. The largest absolute Gasteiger partial charge is 0.349 e. The molecule has 1 atom stereocenters. The van der Waals surface area contributed by atoms with Crippen molar-refractivity contribution in [1.82, 2.24) is 15.3 Å². The summed E-state index contributed by atoms with van der Waals surface area (Å²) >= 11 is 2.55. The van der Waals surface area contributed by atoms with Gasteiger partial charge in [0, 0.05) is 0 Å². The molecule has 1 amide bonds. The summed E-state index contributed by atoms with van der Waals surface area (Å²) in [6, 6.07) is 7.48. The van der Waals surface area contributed by atoms with E-state index in [2.05, 4.69) is 15.3 Å². The van der Waals surface area contributed by atoms with Crippen molar-refractivity contribution in [3.63, 3.8) is 0 Å². The third-order valence-corrected chi connectivity index (χ3v) is 5.08. The van der Waals surface area contributed by atoms with Gasteiger partial charge in [0.2, 0.25) is 5.91 Å². The van der Waals surface area contributed by atoms with Crippen LogP contribution in [0, 0.1) is 5.82 Å². The van der Waals surface area contributed by atoms with Crippen molar-refractivity contribution in [2.75, 3.05) is 5.75 Å². The lowest BCUT2D eigenvalue weighted by atomic mass is 10.1. The number of amides is 1. The second kappa shape index (κ2) is 7.14. The first-order valence-electron chi connectivity index (χ1n) is 7.18. The van der Waals surface area contributed by atoms with Crippen LogP contribution in [0.15, 0.2) is 45.7 Å². The number of carbonyl (C=O) groups is 1. The number of H-pyrrole nitrogens is 1. The minimum absolute atomic E-state index is 0.130. The first-order chi connectivity index (χ1) is 11.5. The summed E-state index contributed by atoms with van der Waals surface area (Å²) in [6.45, 7) is 1.83. The molecule has 1 aromatic carbocycles. The number of nitrogens with one attached hydrogen (secondary N) is 2. The molecular weight excluding hydrogens is 349 g/mol. The summed E-state index contributed by atoms with van der Waals surface area (Å²) in [6.07, 6.45) is 0. The number of halogens is 1. The maximum atomic E-state index is 12.9. The van der Waals surface area contributed by atoms with Gasteiger partial charge in [-0.05, 0) is 36.1 Å². The van der Waals surface area contributed by atoms with Crippen LogP contribution in [0.5, 0.6) is 0 Å². The minimum atomic E-state index is -0.313. The maximum absolute atomic E-state index is 12.9. The van der Waals surface area contributed by atoms with E-state index < -0.39 is 0 Å². The van der Waals surface area contributed by atoms with Gasteiger partial charge in [-0.3, -0.25) is 9.59 Å². The Morgan fingerprint density at radius 3 is 2.88 bits per heavy atom. The van der Waals surface area contributed by atoms with Gasteiger partial charge < -0.3 is 10.3 Å². The van der Waals surface area contributed by atoms with Gasteiger partial charge in [0.15, 0.2) is 5.16 Å². The number of thiophene rings is 1. The van der Waals surface area contributed by atoms with Gasteiger partial charge in [0.1, 0.15) is 10.6 Å². The van der Waals surface area contributed by atoms with E-state index in [1.807, 2.05) is 6.92 Å². The highest BCUT2D eigenvalue weighted by Gasteiger charge is 2.12. The molecule has 0 aliphatic heterocycles. The van der Waals surface area contributed by atoms with Crippen molar-refractivity contribution in [1.29, 1.82) is 0 Å². The molecule has 3 aromatic rings. The van der Waals surface area contributed by atoms with E-state index in [0.29, 0.717) is 15.4 Å². The van der Waals surface area contributed by atoms with Gasteiger partial charge >= 0.3 is 0 Å². The standard InChI is InChI=1S/C16H14FN3O2S2/c1-9(10-2-4-11(17)5-3-10)18-13(21)8-24-16-19-14(22)12-6-7-23-15(12)20-16/h2-7,9H,8H2,1H3,(H,18,21)(H,19,20,22)/t9-/m0/s1. The molecule has 3 rings (SSSR count). The fourth-order valence-electron chi connectivity index (χ4n) is 2.17. The zero-order valence-electron chi connectivity index (χ0n) is 12.7. The van der Waals surface area contributed by atoms with Gasteiger partial charge in [-0.15, -0.1) is 11.3 Å². The molecule has 0 radical (unpaired) electrons. The van der Waals surface area contributed by atoms with Gasteiger partial charge in [-0.2, -0.15) is 0 Å². The number of fused-ring (bicyclic) bond motifs is 1. The highest BCUT2D eigenvalue weighted by atomic mass is 32.2. The molecule has 0 bridgehead atoms. The number of benzene rings is 1. The summed E-state index contributed by atoms with van der Waals surface area (Å²) in [5.74, 6) is -0.372. The number of nitrogens with zero attached hydrogens (tertiary/aromatic N) is 1. The zero-order valence-corrected chi connectivity index (χ0v) is 14.3. The lowest BCUT2D eigenvalue weighted by Gasteiger charge is -2.14. The van der Waals surface area contributed by atoms with E-state index in [-0.39, 0.29) is 29.1 Å². The lowest BCUT2D eigenvalue weighted by Crippen LogP contribution is -2.28. The smallest absolute Gasteiger partial charge is 0.260 e. The third kappa shape index (κ3) is 3.82. The van der Waals surface area contributed by atoms with Crippen LogP contribution < -0.4 is 10.9 Å². The topological polar surface area (TPSA) is 74.8 Å². The summed E-state index contributed by atoms with van der Waals surface area (Å²) in [7, 11) is 0. The lowest BCUT2D eigenvalue weighted by molar-refractivity contribution is -0.119. The highest BCUT2D eigenvalue weighted by Crippen LogP contribution is 2.19. The molecule has 24 heavy (non-hydrogen) atoms. The Morgan fingerprint density at radius 1 is 1.38 bits per heavy atom. The maximum Gasteiger partial charge on any atom is 0.260 e. The normalized spacial score (nSPS) is 12.2. The molecule has 2 aromatic heterocycles. The van der Waals surface area contributed by atoms with Crippen molar-refractivity contribution in [2.45, 2.75) is 18.1 Å². The summed E-state index contributed by atoms with van der Waals surface area (Å²) in [4.78, 5) is 31.5. The van der Waals surface area contributed by atoms with Gasteiger partial charge in [-0.25, -0.2) is 9.37 Å². The average molecular weight is 363 g/mol. The summed E-state index contributed by atoms with van der Waals surface area (Å²) < 4.78 is 12.9. The van der Waals surface area contributed by atoms with Crippen LogP contribution in [-0.2, 0) is 4.79 Å². The van der Waals surface area contributed by atoms with Crippen molar-refractivity contribution in [3.05, 3.63) is 57.4 Å². The number of rotatable bonds is 5. The summed E-state index contributed by atoms with van der Waals surface area (Å²) in [5, 5.41) is 5.61. The Kier molecular flexibility index (Phi) is 4.96. The van der Waals surface area contributed by atoms with E-state index in [1.54, 1.807) is 23.6 Å². The quantitative estimate of drug-likeness (QED) is 0.540. The number of aromatic nitrogens is 2. The number of hydrogen-bond donors (Lipinski definition) is 2. The molecule has 0 fully saturated rings. The van der Waals surface area contributed by atoms with Crippen LogP contribution in [0.1, 0.15) is 18.5 Å². The number of carbonyl (C=O) groups excluding carboxylic acids is 1. The predicted molar refractivity (Wildman–Crippen MR) is 93.9 cm³/mol. The molecular formula is C16H14FN3O2S2. The third-order valence-electron chi connectivity index (χ3n) is 3.40. The van der Waals surface area contributed by atoms with Gasteiger partial charge in [-0.1, -0.05) is 23.9 Å². The molecule has 2 N–H and O–H groups in total. The SMILES string of the molecule is C[C@H](NC(=O)CSc1nc2sccc2c(=O)[nH]1)c1ccc(F)cc1. The molecule has 0 unspecified atom stereocenters. The molecule has 0 saturated carbocycles. The zero-order chi connectivity index (χ0) is 17.1. The first-order valence-corrected chi connectivity index (χ1v) is 9.04. The molecule has 124 valence electrons. The second-order valence-corrected chi connectivity index (χ2v) is 7.00. The monoisotopic (exact) mass is 363 g/mol. The van der Waals surface area contributed by atoms with E-state index in [4.69, 9.17) is 0 Å². The molecule has 0 aliphatic rings. The van der Waals surface area contributed by atoms with E-state index in [9.17, 15) is 14.0 Å². The van der Waals surface area contributed by atoms with Gasteiger partial charge in [0.25, 0.3) is 5.56 Å². The van der Waals surface area contributed by atoms with Gasteiger partial charge in [0.05, 0.1) is 17.2 Å². The molecule has 0 saturated heterocycles. The fraction of sp³-hybridized carbons (Fsp3) is 0.188. The van der Waals surface area contributed by atoms with Crippen molar-refractivity contribution >= 4 is 39.2 Å². The molecule has 0 aliphatic carbocycles. The average Bonchev–Trinajstić information content (AvgIpc) is 3.02. The van der Waals surface area contributed by atoms with E-state index in [1.165, 1.54) is 35.2 Å². The Balaban J connectivity index is 1.60. The second-order valence-electron chi connectivity index (χ2n) is 5.14. The predicted octanol–water partition coefficient (Wildman–Crippen LogP) is 3.09. The molecule has 2 heterocycles. The van der Waals surface area contributed by atoms with Crippen LogP contribution in [0.4, 0.5) is 4.39 Å². The Morgan fingerprint density at radius 2 is 2.12 bits per heavy atom. The van der Waals surface area contributed by atoms with Crippen molar-refractivity contribution in [2.24, 2.45) is 0 Å². The van der Waals surface area contributed by atoms with Crippen LogP contribution >= 0.6 is 23.1 Å². The van der Waals surface area contributed by atoms with Crippen LogP contribution in [0.2, 0.25) is 0 Å². The van der Waals surface area contributed by atoms with Crippen LogP contribution in [0.25, 0.3) is 10.2 Å². The van der Waals surface area contributed by atoms with Crippen LogP contribution in [-0.4, -0.2) is 21.6 Å². The fourth-order valence-corrected chi connectivity index (χ4v) is 3.66. The van der Waals surface area contributed by atoms with Crippen LogP contribution in [0.3, 0.4) is 0 Å². The molecule has 0 spiro atoms. The number of hydrogen-bond acceptors (Lipinski definition) is 5. The Labute approximate surface area is 145 Å². The Bertz CT molecular complexity index is 921. The molecule has 5 nitrogen and oxygen atoms in total. The van der Waals surface area contributed by atoms with E-state index >= 15 is 0 Å². The van der Waals surface area contributed by atoms with Crippen molar-refractivity contribution < 1.29 is 9.18 Å². The highest BCUT2D eigenvalue weighted by molar-refractivity contribution is 7.99. The Hall–Kier alpha value is -2.19. The summed E-state index contributed by atoms with van der Waals surface area (Å²) in [5.41, 5.74) is 0.616. The number of aromatic amines is 1. The number of thioether (sulfide) groups is 1. The van der Waals surface area contributed by atoms with E-state index in [0.717, 1.165) is 5.56 Å². The van der Waals surface area contributed by atoms with Crippen molar-refractivity contribution in [3.8, 4) is 0 Å². The first kappa shape index (κ1) is 16.7. The minimum Gasteiger partial charge on any atom is -0.349 e.